The fraction of sp³-hybridized carbons (Fsp3) is 0.667. The number of likely N-dealkylation sites (N-methyl/N-ethyl adjacent to an activating group) is 3. The van der Waals surface area contributed by atoms with Crippen LogP contribution >= 0.6 is 11.3 Å². The molecule has 3 aliphatic heterocycles. The Hall–Kier alpha value is -8.01. The quantitative estimate of drug-likeness (QED) is 0.0260. The number of hydrogen-bond donors (Lipinski definition) is 5. The van der Waals surface area contributed by atoms with Gasteiger partial charge in [0.05, 0.1) is 35.7 Å². The molecule has 1 unspecified atom stereocenters. The monoisotopic (exact) mass is 1530 g/mol. The molecule has 3 saturated heterocycles. The van der Waals surface area contributed by atoms with Crippen LogP contribution < -0.4 is 21.7 Å². The summed E-state index contributed by atoms with van der Waals surface area (Å²) in [5.41, 5.74) is 6.95. The molecule has 6 rings (SSSR count). The number of amides is 10. The second kappa shape index (κ2) is 45.2. The maximum Gasteiger partial charge on any atom is 0.411 e. The molecule has 2 aromatic carbocycles. The van der Waals surface area contributed by atoms with E-state index < -0.39 is 95.7 Å². The van der Waals surface area contributed by atoms with E-state index in [2.05, 4.69) is 25.8 Å². The lowest BCUT2D eigenvalue weighted by atomic mass is 9.80. The van der Waals surface area contributed by atoms with Crippen LogP contribution in [0.4, 0.5) is 15.3 Å². The molecule has 602 valence electrons. The van der Waals surface area contributed by atoms with Crippen LogP contribution in [-0.4, -0.2) is 221 Å². The van der Waals surface area contributed by atoms with E-state index in [1.165, 1.54) is 54.8 Å². The summed E-state index contributed by atoms with van der Waals surface area (Å²) in [6.07, 6.45) is 3.15. The molecule has 6 N–H and O–H groups in total. The van der Waals surface area contributed by atoms with Crippen LogP contribution in [0.2, 0.25) is 0 Å². The number of aliphatic hydroxyl groups is 1. The molecule has 0 aliphatic carbocycles. The number of thiazole rings is 1. The molecule has 0 spiro atoms. The molecule has 3 aliphatic rings. The molecule has 108 heavy (non-hydrogen) atoms. The summed E-state index contributed by atoms with van der Waals surface area (Å²) in [5, 5.41) is 22.0. The van der Waals surface area contributed by atoms with E-state index >= 15 is 4.79 Å². The first-order chi connectivity index (χ1) is 51.4. The van der Waals surface area contributed by atoms with E-state index in [1.807, 2.05) is 77.4 Å². The summed E-state index contributed by atoms with van der Waals surface area (Å²) < 4.78 is 18.1. The fourth-order valence-corrected chi connectivity index (χ4v) is 15.9. The van der Waals surface area contributed by atoms with Gasteiger partial charge in [0.15, 0.2) is 11.6 Å². The standard InChI is InChI=1S/C79H119N11O15S.2CH4/c1-14-52(8)72(65(104-13)47-69(98)89-37-22-26-61(89)60(48-91)53(9)62(92)45-57(75-81-35-42-106-75)43-54-23-17-15-18-24-54)86(11)76(100)59(49(2)3)46-64(94)71(51(6)7)87(12)79(103)105-73(77(101)88-40-38-85(10)39-41-88)55-28-30-58(31-29-55)83-74(99)56(25-21-34-82-78(80)102)44-63(93)70(50(4)5)84-66(95)27-19-16-20-36-90-67(96)32-33-68(90)97;;/h15,17-18,23-24,28-31,35,42,49-53,56-57,59-61,65,70-73,91H,14,16,19-22,25-27,32-34,36-41,43-48H2,1-13H3,(H,83,99)(H,84,95)(H3,80,82,102);2*1H4/t52-,53+,56+,57+,59-,60+,61-,65+,70-,71-,72-,73?;;/m0../s1/i;1T;. The zero-order chi connectivity index (χ0) is 80.1. The zero-order valence-corrected chi connectivity index (χ0v) is 66.6. The number of urea groups is 1. The van der Waals surface area contributed by atoms with Gasteiger partial charge in [0.2, 0.25) is 41.5 Å². The molecule has 3 aromatic rings. The SMILES string of the molecule is C.CC[C@H](C)[C@@H]([C@@H](CC(=O)N1CCC[C@H]1[C@H](CO)[C@@H](C)C(=O)C[C@@H](Cc1ccccc1)c1nccs1)OC)N(C)C(=O)[C@@H](CC(=O)[C@H](C(C)C)N(C)C(=O)OC(C(=O)N1CCN(C)CC1)c1ccc(NC(=O)[C@H](CCCNC(N)=O)CC(=O)[C@@H](NC(=O)CCCCCN2C(=O)CCC2=O)C(C)C)cc1)C(C)C.[3H]C. The second-order valence-corrected chi connectivity index (χ2v) is 31.3. The highest BCUT2D eigenvalue weighted by Gasteiger charge is 2.45. The van der Waals surface area contributed by atoms with Crippen molar-refractivity contribution in [2.45, 2.75) is 222 Å². The highest BCUT2D eigenvalue weighted by Crippen LogP contribution is 2.36. The van der Waals surface area contributed by atoms with E-state index in [4.69, 9.17) is 16.6 Å². The van der Waals surface area contributed by atoms with Crippen molar-refractivity contribution in [3.63, 3.8) is 0 Å². The van der Waals surface area contributed by atoms with Crippen LogP contribution in [0, 0.1) is 47.3 Å². The first-order valence-corrected chi connectivity index (χ1v) is 39.0. The van der Waals surface area contributed by atoms with E-state index in [1.54, 1.807) is 67.8 Å². The van der Waals surface area contributed by atoms with Crippen LogP contribution in [0.15, 0.2) is 66.2 Å². The van der Waals surface area contributed by atoms with Gasteiger partial charge in [0.25, 0.3) is 5.91 Å². The smallest absolute Gasteiger partial charge is 0.411 e. The Morgan fingerprint density at radius 3 is 2.01 bits per heavy atom. The number of carbonyl (C=O) groups is 12. The number of rotatable bonds is 43. The van der Waals surface area contributed by atoms with Gasteiger partial charge >= 0.3 is 12.1 Å². The number of nitrogens with two attached hydrogens (primary N) is 1. The van der Waals surface area contributed by atoms with Gasteiger partial charge in [-0.05, 0) is 93.4 Å². The summed E-state index contributed by atoms with van der Waals surface area (Å²) >= 11 is 1.51. The lowest BCUT2D eigenvalue weighted by molar-refractivity contribution is -0.148. The van der Waals surface area contributed by atoms with Crippen LogP contribution in [0.5, 0.6) is 0 Å². The number of Topliss-reactive ketones (excluding diaryl/α,β-unsaturated/α-hetero) is 3. The average molecular weight is 1530 g/mol. The first kappa shape index (κ1) is 90.6. The van der Waals surface area contributed by atoms with Crippen LogP contribution in [-0.2, 0) is 63.8 Å². The number of hydrogen-bond acceptors (Lipinski definition) is 18. The average Bonchev–Trinajstić information content (AvgIpc) is 1.66. The molecular weight excluding hydrogens is 1400 g/mol. The molecule has 10 amide bonds. The Bertz CT molecular complexity index is 3400. The Morgan fingerprint density at radius 1 is 0.778 bits per heavy atom. The Balaban J connectivity index is 0.00000829. The Kier molecular flexibility index (Phi) is 37.9. The van der Waals surface area contributed by atoms with Gasteiger partial charge in [-0.2, -0.15) is 0 Å². The molecule has 3 fully saturated rings. The van der Waals surface area contributed by atoms with Crippen molar-refractivity contribution in [2.24, 2.45) is 53.1 Å². The summed E-state index contributed by atoms with van der Waals surface area (Å²) in [5.74, 6) is -7.62. The fourth-order valence-electron chi connectivity index (χ4n) is 15.1. The van der Waals surface area contributed by atoms with Gasteiger partial charge in [-0.15, -0.1) is 11.3 Å². The van der Waals surface area contributed by atoms with Gasteiger partial charge in [-0.1, -0.05) is 132 Å². The van der Waals surface area contributed by atoms with E-state index in [0.29, 0.717) is 84.2 Å². The van der Waals surface area contributed by atoms with Crippen molar-refractivity contribution in [3.8, 4) is 0 Å². The van der Waals surface area contributed by atoms with Crippen molar-refractivity contribution in [2.75, 3.05) is 86.0 Å². The minimum atomic E-state index is -1.51. The predicted octanol–water partition coefficient (Wildman–Crippen LogP) is 9.87. The number of nitrogens with zero attached hydrogens (tertiary/aromatic N) is 7. The molecule has 0 bridgehead atoms. The van der Waals surface area contributed by atoms with Crippen molar-refractivity contribution >= 4 is 87.8 Å². The summed E-state index contributed by atoms with van der Waals surface area (Å²) in [4.78, 5) is 180. The number of methoxy groups -OCH3 is 1. The molecule has 26 nitrogen and oxygen atoms in total. The number of nitrogens with one attached hydrogen (secondary N) is 3. The van der Waals surface area contributed by atoms with Gasteiger partial charge in [-0.3, -0.25) is 52.8 Å². The van der Waals surface area contributed by atoms with Crippen LogP contribution in [0.25, 0.3) is 0 Å². The number of aromatic nitrogens is 1. The molecular formula is C81H127N11O15S. The highest BCUT2D eigenvalue weighted by atomic mass is 32.1. The predicted molar refractivity (Wildman–Crippen MR) is 418 cm³/mol. The largest absolute Gasteiger partial charge is 0.431 e. The van der Waals surface area contributed by atoms with Crippen molar-refractivity contribution in [1.29, 1.82) is 0 Å². The second-order valence-electron chi connectivity index (χ2n) is 30.3. The van der Waals surface area contributed by atoms with Crippen molar-refractivity contribution < 1.29 is 73.5 Å². The highest BCUT2D eigenvalue weighted by molar-refractivity contribution is 7.09. The Morgan fingerprint density at radius 2 is 1.44 bits per heavy atom. The van der Waals surface area contributed by atoms with Gasteiger partial charge in [0.1, 0.15) is 5.78 Å². The Labute approximate surface area is 646 Å². The number of ketones is 3. The number of aliphatic hydroxyl groups excluding tert-OH is 1. The lowest BCUT2D eigenvalue weighted by Crippen LogP contribution is -2.54. The number of imide groups is 1. The van der Waals surface area contributed by atoms with Gasteiger partial charge in [0, 0.05) is 172 Å². The zero-order valence-electron chi connectivity index (χ0n) is 66.8. The number of likely N-dealkylation sites (tertiary alicyclic amines) is 2. The number of benzene rings is 2. The maximum absolute atomic E-state index is 15.2. The number of unbranched alkanes of at least 4 members (excludes halogenated alkanes) is 2. The number of anilines is 1. The molecule has 0 radical (unpaired) electrons. The van der Waals surface area contributed by atoms with Crippen molar-refractivity contribution in [1.82, 2.24) is 45.0 Å². The number of ether oxygens (including phenoxy) is 2. The van der Waals surface area contributed by atoms with E-state index in [-0.39, 0.29) is 154 Å². The normalized spacial score (nSPS) is 17.8. The molecule has 0 saturated carbocycles. The topological polar surface area (TPSA) is 338 Å². The third kappa shape index (κ3) is 26.4. The minimum absolute atomic E-state index is 0. The maximum atomic E-state index is 15.2. The summed E-state index contributed by atoms with van der Waals surface area (Å²) in [7, 11) is 7.79. The summed E-state index contributed by atoms with van der Waals surface area (Å²) in [6.45, 7) is 19.0. The summed E-state index contributed by atoms with van der Waals surface area (Å²) in [6, 6.07) is 12.3. The molecule has 27 heteroatoms. The number of carbonyl (C=O) groups excluding carboxylic acids is 12. The van der Waals surface area contributed by atoms with Crippen LogP contribution in [0.1, 0.15) is 203 Å². The number of piperazine rings is 1. The van der Waals surface area contributed by atoms with E-state index in [9.17, 15) is 57.8 Å². The molecule has 4 heterocycles. The third-order valence-electron chi connectivity index (χ3n) is 21.7. The first-order valence-electron chi connectivity index (χ1n) is 39.1. The van der Waals surface area contributed by atoms with E-state index in [0.717, 1.165) is 10.6 Å². The lowest BCUT2D eigenvalue weighted by Gasteiger charge is -2.41. The third-order valence-corrected chi connectivity index (χ3v) is 22.6. The number of primary amides is 1. The van der Waals surface area contributed by atoms with Crippen LogP contribution in [0.3, 0.4) is 0 Å². The molecule has 12 atom stereocenters. The van der Waals surface area contributed by atoms with Gasteiger partial charge in [-0.25, -0.2) is 14.6 Å². The minimum Gasteiger partial charge on any atom is -0.431 e. The molecule has 1 aromatic heterocycles. The van der Waals surface area contributed by atoms with Crippen molar-refractivity contribution in [3.05, 3.63) is 82.3 Å². The van der Waals surface area contributed by atoms with Gasteiger partial charge < -0.3 is 60.8 Å².